The Labute approximate surface area is 129 Å². The van der Waals surface area contributed by atoms with Crippen molar-refractivity contribution in [3.8, 4) is 0 Å². The van der Waals surface area contributed by atoms with Crippen LogP contribution in [-0.2, 0) is 0 Å². The van der Waals surface area contributed by atoms with E-state index in [0.29, 0.717) is 5.54 Å². The van der Waals surface area contributed by atoms with Crippen molar-refractivity contribution in [3.63, 3.8) is 0 Å². The SMILES string of the molecule is Cc1cccc(N2CC(C)(C)NC3(CCCCC3)C2)c1C. The predicted octanol–water partition coefficient (Wildman–Crippen LogP) is 4.19. The molecule has 0 amide bonds. The van der Waals surface area contributed by atoms with Crippen LogP contribution in [0.1, 0.15) is 57.1 Å². The molecule has 1 saturated heterocycles. The van der Waals surface area contributed by atoms with Crippen LogP contribution in [0.3, 0.4) is 0 Å². The molecular formula is C19H30N2. The van der Waals surface area contributed by atoms with E-state index in [2.05, 4.69) is 56.1 Å². The third kappa shape index (κ3) is 2.96. The first kappa shape index (κ1) is 14.9. The molecule has 2 aliphatic rings. The number of rotatable bonds is 1. The molecule has 116 valence electrons. The minimum atomic E-state index is 0.186. The van der Waals surface area contributed by atoms with Crippen molar-refractivity contribution in [1.82, 2.24) is 5.32 Å². The van der Waals surface area contributed by atoms with Gasteiger partial charge in [0.05, 0.1) is 0 Å². The van der Waals surface area contributed by atoms with Crippen LogP contribution in [-0.4, -0.2) is 24.2 Å². The largest absolute Gasteiger partial charge is 0.368 e. The van der Waals surface area contributed by atoms with Gasteiger partial charge in [0.15, 0.2) is 0 Å². The van der Waals surface area contributed by atoms with Crippen LogP contribution in [0.4, 0.5) is 5.69 Å². The topological polar surface area (TPSA) is 15.3 Å². The number of piperazine rings is 1. The van der Waals surface area contributed by atoms with E-state index in [-0.39, 0.29) is 5.54 Å². The highest BCUT2D eigenvalue weighted by molar-refractivity contribution is 5.57. The van der Waals surface area contributed by atoms with Crippen molar-refractivity contribution < 1.29 is 0 Å². The molecule has 1 saturated carbocycles. The molecule has 21 heavy (non-hydrogen) atoms. The average Bonchev–Trinajstić information content (AvgIpc) is 2.40. The Kier molecular flexibility index (Phi) is 3.77. The number of nitrogens with zero attached hydrogens (tertiary/aromatic N) is 1. The summed E-state index contributed by atoms with van der Waals surface area (Å²) in [5, 5.41) is 4.00. The number of aryl methyl sites for hydroxylation is 1. The molecule has 1 heterocycles. The first-order chi connectivity index (χ1) is 9.91. The van der Waals surface area contributed by atoms with Gasteiger partial charge < -0.3 is 10.2 Å². The second-order valence-electron chi connectivity index (χ2n) is 7.92. The summed E-state index contributed by atoms with van der Waals surface area (Å²) < 4.78 is 0. The molecule has 1 aromatic rings. The smallest absolute Gasteiger partial charge is 0.0399 e. The van der Waals surface area contributed by atoms with Crippen molar-refractivity contribution in [2.24, 2.45) is 0 Å². The van der Waals surface area contributed by atoms with Gasteiger partial charge in [-0.25, -0.2) is 0 Å². The molecule has 0 unspecified atom stereocenters. The van der Waals surface area contributed by atoms with Gasteiger partial charge in [-0.1, -0.05) is 31.4 Å². The van der Waals surface area contributed by atoms with Gasteiger partial charge in [-0.15, -0.1) is 0 Å². The molecule has 1 aromatic carbocycles. The van der Waals surface area contributed by atoms with Gasteiger partial charge in [-0.05, 0) is 57.7 Å². The van der Waals surface area contributed by atoms with E-state index in [1.165, 1.54) is 55.5 Å². The van der Waals surface area contributed by atoms with Crippen LogP contribution in [0.15, 0.2) is 18.2 Å². The van der Waals surface area contributed by atoms with Crippen LogP contribution in [0.25, 0.3) is 0 Å². The summed E-state index contributed by atoms with van der Waals surface area (Å²) >= 11 is 0. The first-order valence-electron chi connectivity index (χ1n) is 8.51. The fourth-order valence-electron chi connectivity index (χ4n) is 4.46. The first-order valence-corrected chi connectivity index (χ1v) is 8.51. The number of hydrogen-bond acceptors (Lipinski definition) is 2. The maximum atomic E-state index is 4.00. The lowest BCUT2D eigenvalue weighted by Crippen LogP contribution is -2.69. The summed E-state index contributed by atoms with van der Waals surface area (Å²) in [7, 11) is 0. The molecule has 1 aliphatic carbocycles. The fraction of sp³-hybridized carbons (Fsp3) is 0.684. The third-order valence-corrected chi connectivity index (χ3v) is 5.41. The van der Waals surface area contributed by atoms with Gasteiger partial charge in [-0.3, -0.25) is 0 Å². The van der Waals surface area contributed by atoms with Gasteiger partial charge in [0.2, 0.25) is 0 Å². The molecule has 1 spiro atoms. The summed E-state index contributed by atoms with van der Waals surface area (Å²) in [6.07, 6.45) is 6.83. The molecule has 2 fully saturated rings. The predicted molar refractivity (Wildman–Crippen MR) is 91.2 cm³/mol. The fourth-order valence-corrected chi connectivity index (χ4v) is 4.46. The molecule has 0 atom stereocenters. The minimum Gasteiger partial charge on any atom is -0.368 e. The van der Waals surface area contributed by atoms with E-state index >= 15 is 0 Å². The van der Waals surface area contributed by atoms with Gasteiger partial charge in [0.25, 0.3) is 0 Å². The van der Waals surface area contributed by atoms with Crippen LogP contribution in [0.2, 0.25) is 0 Å². The Balaban J connectivity index is 1.93. The Morgan fingerprint density at radius 2 is 1.71 bits per heavy atom. The van der Waals surface area contributed by atoms with Crippen LogP contribution in [0.5, 0.6) is 0 Å². The highest BCUT2D eigenvalue weighted by Crippen LogP contribution is 2.37. The lowest BCUT2D eigenvalue weighted by Gasteiger charge is -2.54. The molecule has 0 radical (unpaired) electrons. The third-order valence-electron chi connectivity index (χ3n) is 5.41. The lowest BCUT2D eigenvalue weighted by atomic mass is 9.77. The summed E-state index contributed by atoms with van der Waals surface area (Å²) in [5.74, 6) is 0. The van der Waals surface area contributed by atoms with Gasteiger partial charge in [0.1, 0.15) is 0 Å². The highest BCUT2D eigenvalue weighted by Gasteiger charge is 2.43. The van der Waals surface area contributed by atoms with Crippen LogP contribution < -0.4 is 10.2 Å². The average molecular weight is 286 g/mol. The molecule has 0 aromatic heterocycles. The number of hydrogen-bond donors (Lipinski definition) is 1. The van der Waals surface area contributed by atoms with E-state index in [0.717, 1.165) is 6.54 Å². The second kappa shape index (κ2) is 5.31. The van der Waals surface area contributed by atoms with E-state index in [9.17, 15) is 0 Å². The number of anilines is 1. The Hall–Kier alpha value is -1.02. The maximum Gasteiger partial charge on any atom is 0.0399 e. The highest BCUT2D eigenvalue weighted by atomic mass is 15.3. The summed E-state index contributed by atoms with van der Waals surface area (Å²) in [6.45, 7) is 11.5. The summed E-state index contributed by atoms with van der Waals surface area (Å²) in [4.78, 5) is 2.64. The normalized spacial score (nSPS) is 24.3. The number of nitrogens with one attached hydrogen (secondary N) is 1. The van der Waals surface area contributed by atoms with Gasteiger partial charge in [-0.2, -0.15) is 0 Å². The molecular weight excluding hydrogens is 256 g/mol. The van der Waals surface area contributed by atoms with E-state index in [1.54, 1.807) is 0 Å². The zero-order valence-corrected chi connectivity index (χ0v) is 14.1. The van der Waals surface area contributed by atoms with Crippen molar-refractivity contribution in [2.45, 2.75) is 70.9 Å². The van der Waals surface area contributed by atoms with E-state index in [4.69, 9.17) is 0 Å². The Morgan fingerprint density at radius 3 is 2.43 bits per heavy atom. The standard InChI is InChI=1S/C19H30N2/c1-15-9-8-10-17(16(15)2)21-13-18(3,4)20-19(14-21)11-6-5-7-12-19/h8-10,20H,5-7,11-14H2,1-4H3. The van der Waals surface area contributed by atoms with Gasteiger partial charge >= 0.3 is 0 Å². The zero-order valence-electron chi connectivity index (χ0n) is 14.1. The molecule has 2 nitrogen and oxygen atoms in total. The van der Waals surface area contributed by atoms with Crippen molar-refractivity contribution in [2.75, 3.05) is 18.0 Å². The van der Waals surface area contributed by atoms with Crippen molar-refractivity contribution >= 4 is 5.69 Å². The van der Waals surface area contributed by atoms with E-state index in [1.807, 2.05) is 0 Å². The zero-order chi connectivity index (χ0) is 15.1. The molecule has 2 heteroatoms. The molecule has 0 bridgehead atoms. The minimum absolute atomic E-state index is 0.186. The lowest BCUT2D eigenvalue weighted by molar-refractivity contribution is 0.146. The quantitative estimate of drug-likeness (QED) is 0.832. The van der Waals surface area contributed by atoms with Gasteiger partial charge in [0, 0.05) is 29.9 Å². The second-order valence-corrected chi connectivity index (χ2v) is 7.92. The Morgan fingerprint density at radius 1 is 1.00 bits per heavy atom. The van der Waals surface area contributed by atoms with Crippen LogP contribution in [0, 0.1) is 13.8 Å². The number of benzene rings is 1. The van der Waals surface area contributed by atoms with Crippen molar-refractivity contribution in [3.05, 3.63) is 29.3 Å². The maximum absolute atomic E-state index is 4.00. The van der Waals surface area contributed by atoms with E-state index < -0.39 is 0 Å². The Bertz CT molecular complexity index is 512. The van der Waals surface area contributed by atoms with Crippen molar-refractivity contribution in [1.29, 1.82) is 0 Å². The summed E-state index contributed by atoms with van der Waals surface area (Å²) in [5.41, 5.74) is 4.80. The summed E-state index contributed by atoms with van der Waals surface area (Å²) in [6, 6.07) is 6.74. The monoisotopic (exact) mass is 286 g/mol. The van der Waals surface area contributed by atoms with Crippen LogP contribution >= 0.6 is 0 Å². The molecule has 1 N–H and O–H groups in total. The molecule has 3 rings (SSSR count). The molecule has 1 aliphatic heterocycles.